The Bertz CT molecular complexity index is 1440. The molecule has 2 saturated heterocycles. The van der Waals surface area contributed by atoms with Gasteiger partial charge in [0, 0.05) is 51.3 Å². The lowest BCUT2D eigenvalue weighted by atomic mass is 9.89. The van der Waals surface area contributed by atoms with Gasteiger partial charge in [-0.1, -0.05) is 6.07 Å². The molecule has 228 valence electrons. The van der Waals surface area contributed by atoms with E-state index in [2.05, 4.69) is 9.97 Å². The Hall–Kier alpha value is -4.36. The molecule has 0 aliphatic carbocycles. The summed E-state index contributed by atoms with van der Waals surface area (Å²) in [5.74, 6) is -0.794. The van der Waals surface area contributed by atoms with Crippen molar-refractivity contribution >= 4 is 17.6 Å². The third-order valence-electron chi connectivity index (χ3n) is 7.52. The van der Waals surface area contributed by atoms with Crippen molar-refractivity contribution in [2.45, 2.75) is 30.8 Å². The summed E-state index contributed by atoms with van der Waals surface area (Å²) in [4.78, 5) is 40.2. The molecular weight excluding hydrogens is 580 g/mol. The van der Waals surface area contributed by atoms with E-state index in [1.807, 2.05) is 17.0 Å². The molecular formula is C29H27F6N5O3. The number of halogens is 6. The van der Waals surface area contributed by atoms with Crippen LogP contribution < -0.4 is 9.64 Å². The minimum absolute atomic E-state index is 0.0415. The summed E-state index contributed by atoms with van der Waals surface area (Å²) in [7, 11) is 0. The summed E-state index contributed by atoms with van der Waals surface area (Å²) in [6, 6.07) is 9.96. The van der Waals surface area contributed by atoms with E-state index in [0.717, 1.165) is 47.4 Å². The molecule has 4 heterocycles. The molecule has 43 heavy (non-hydrogen) atoms. The van der Waals surface area contributed by atoms with Crippen LogP contribution in [-0.2, 0) is 17.1 Å². The second kappa shape index (κ2) is 11.7. The number of anilines is 1. The molecule has 14 heteroatoms. The van der Waals surface area contributed by atoms with Crippen LogP contribution in [0.15, 0.2) is 67.1 Å². The van der Waals surface area contributed by atoms with E-state index in [-0.39, 0.29) is 38.2 Å². The van der Waals surface area contributed by atoms with Gasteiger partial charge in [-0.25, -0.2) is 4.98 Å². The highest BCUT2D eigenvalue weighted by atomic mass is 19.4. The summed E-state index contributed by atoms with van der Waals surface area (Å²) in [5.41, 5.74) is -4.50. The number of piperidine rings is 1. The first kappa shape index (κ1) is 30.1. The van der Waals surface area contributed by atoms with Gasteiger partial charge in [0.05, 0.1) is 23.2 Å². The van der Waals surface area contributed by atoms with Crippen molar-refractivity contribution in [2.24, 2.45) is 0 Å². The molecule has 0 bridgehead atoms. The topological polar surface area (TPSA) is 78.9 Å². The fraction of sp³-hybridized carbons (Fsp3) is 0.379. The second-order valence-corrected chi connectivity index (χ2v) is 10.3. The first-order chi connectivity index (χ1) is 20.4. The Morgan fingerprint density at radius 3 is 2.16 bits per heavy atom. The van der Waals surface area contributed by atoms with Crippen LogP contribution in [-0.4, -0.2) is 76.5 Å². The number of rotatable bonds is 5. The number of likely N-dealkylation sites (tertiary alicyclic amines) is 1. The fourth-order valence-corrected chi connectivity index (χ4v) is 5.38. The Morgan fingerprint density at radius 1 is 0.814 bits per heavy atom. The number of hydrogen-bond acceptors (Lipinski definition) is 6. The summed E-state index contributed by atoms with van der Waals surface area (Å²) in [6.45, 7) is 1.05. The van der Waals surface area contributed by atoms with Crippen molar-refractivity contribution in [3.63, 3.8) is 0 Å². The molecule has 1 aromatic carbocycles. The number of pyridine rings is 2. The van der Waals surface area contributed by atoms with Crippen LogP contribution in [0.5, 0.6) is 5.75 Å². The molecule has 2 amide bonds. The van der Waals surface area contributed by atoms with Crippen molar-refractivity contribution in [1.29, 1.82) is 0 Å². The van der Waals surface area contributed by atoms with Gasteiger partial charge < -0.3 is 19.4 Å². The highest BCUT2D eigenvalue weighted by molar-refractivity contribution is 5.96. The monoisotopic (exact) mass is 607 g/mol. The van der Waals surface area contributed by atoms with Gasteiger partial charge in [0.25, 0.3) is 11.8 Å². The van der Waals surface area contributed by atoms with Crippen molar-refractivity contribution < 1.29 is 40.7 Å². The normalized spacial score (nSPS) is 19.7. The van der Waals surface area contributed by atoms with E-state index in [1.165, 1.54) is 0 Å². The largest absolute Gasteiger partial charge is 0.476 e. The predicted octanol–water partition coefficient (Wildman–Crippen LogP) is 4.92. The van der Waals surface area contributed by atoms with Crippen molar-refractivity contribution in [3.8, 4) is 5.75 Å². The van der Waals surface area contributed by atoms with Gasteiger partial charge in [0.2, 0.25) is 5.60 Å². The van der Waals surface area contributed by atoms with Crippen LogP contribution in [0.3, 0.4) is 0 Å². The molecule has 5 rings (SSSR count). The van der Waals surface area contributed by atoms with Gasteiger partial charge in [-0.3, -0.25) is 14.6 Å². The van der Waals surface area contributed by atoms with Crippen molar-refractivity contribution in [3.05, 3.63) is 83.8 Å². The van der Waals surface area contributed by atoms with E-state index in [0.29, 0.717) is 19.2 Å². The molecule has 2 fully saturated rings. The zero-order valence-corrected chi connectivity index (χ0v) is 22.7. The third kappa shape index (κ3) is 6.52. The van der Waals surface area contributed by atoms with Gasteiger partial charge in [-0.2, -0.15) is 26.3 Å². The Kier molecular flexibility index (Phi) is 8.21. The smallest absolute Gasteiger partial charge is 0.417 e. The molecule has 1 atom stereocenters. The number of ether oxygens (including phenoxy) is 1. The minimum Gasteiger partial charge on any atom is -0.476 e. The zero-order chi connectivity index (χ0) is 30.8. The first-order valence-corrected chi connectivity index (χ1v) is 13.5. The molecule has 0 unspecified atom stereocenters. The molecule has 3 aromatic rings. The van der Waals surface area contributed by atoms with Crippen molar-refractivity contribution in [1.82, 2.24) is 19.8 Å². The van der Waals surface area contributed by atoms with E-state index < -0.39 is 53.0 Å². The average Bonchev–Trinajstić information content (AvgIpc) is 3.00. The molecule has 2 aromatic heterocycles. The second-order valence-electron chi connectivity index (χ2n) is 10.3. The van der Waals surface area contributed by atoms with Crippen LogP contribution in [0.25, 0.3) is 0 Å². The molecule has 2 aliphatic rings. The number of benzene rings is 1. The maximum atomic E-state index is 14.1. The van der Waals surface area contributed by atoms with E-state index in [1.54, 1.807) is 17.2 Å². The molecule has 0 saturated carbocycles. The highest BCUT2D eigenvalue weighted by Gasteiger charge is 2.49. The van der Waals surface area contributed by atoms with E-state index >= 15 is 0 Å². The van der Waals surface area contributed by atoms with Crippen molar-refractivity contribution in [2.75, 3.05) is 44.2 Å². The number of amides is 2. The van der Waals surface area contributed by atoms with E-state index in [4.69, 9.17) is 4.74 Å². The number of carbonyl (C=O) groups excluding carboxylic acids is 2. The zero-order valence-electron chi connectivity index (χ0n) is 22.7. The number of carbonyl (C=O) groups is 2. The summed E-state index contributed by atoms with van der Waals surface area (Å²) in [5, 5.41) is 0. The summed E-state index contributed by atoms with van der Waals surface area (Å²) < 4.78 is 86.7. The lowest BCUT2D eigenvalue weighted by Gasteiger charge is -2.45. The maximum Gasteiger partial charge on any atom is 0.417 e. The predicted molar refractivity (Wildman–Crippen MR) is 142 cm³/mol. The van der Waals surface area contributed by atoms with Gasteiger partial charge >= 0.3 is 12.4 Å². The van der Waals surface area contributed by atoms with Gasteiger partial charge in [-0.05, 0) is 55.3 Å². The fourth-order valence-electron chi connectivity index (χ4n) is 5.38. The molecule has 8 nitrogen and oxygen atoms in total. The SMILES string of the molecule is O=C(c1cnccc1C(F)(F)F)N1CCC[C@@](Oc2ccc(C(F)(F)F)cc2)(C(=O)N2CCN(c3ccccn3)CC2)C1. The Labute approximate surface area is 242 Å². The lowest BCUT2D eigenvalue weighted by Crippen LogP contribution is -2.64. The molecule has 0 radical (unpaired) electrons. The maximum absolute atomic E-state index is 14.1. The lowest BCUT2D eigenvalue weighted by molar-refractivity contribution is -0.153. The van der Waals surface area contributed by atoms with Crippen LogP contribution in [0.4, 0.5) is 32.2 Å². The Balaban J connectivity index is 1.43. The van der Waals surface area contributed by atoms with E-state index in [9.17, 15) is 35.9 Å². The number of hydrogen-bond donors (Lipinski definition) is 0. The number of piperazine rings is 1. The van der Waals surface area contributed by atoms with Crippen LogP contribution in [0.1, 0.15) is 34.3 Å². The standard InChI is InChI=1S/C29H27F6N5O3/c30-28(31,32)20-5-7-21(8-6-20)43-27(26(42)39-16-14-38(15-17-39)24-4-1-2-11-37-24)10-3-13-40(19-27)25(41)22-18-36-12-9-23(22)29(33,34)35/h1-2,4-9,11-12,18H,3,10,13-17,19H2/t27-/m0/s1. The summed E-state index contributed by atoms with van der Waals surface area (Å²) >= 11 is 0. The van der Waals surface area contributed by atoms with Gasteiger partial charge in [-0.15, -0.1) is 0 Å². The van der Waals surface area contributed by atoms with Gasteiger partial charge in [0.15, 0.2) is 0 Å². The average molecular weight is 608 g/mol. The van der Waals surface area contributed by atoms with Gasteiger partial charge in [0.1, 0.15) is 11.6 Å². The first-order valence-electron chi connectivity index (χ1n) is 13.5. The quantitative estimate of drug-likeness (QED) is 0.384. The third-order valence-corrected chi connectivity index (χ3v) is 7.52. The molecule has 2 aliphatic heterocycles. The van der Waals surface area contributed by atoms with Crippen LogP contribution in [0, 0.1) is 0 Å². The molecule has 0 spiro atoms. The van der Waals surface area contributed by atoms with Crippen LogP contribution in [0.2, 0.25) is 0 Å². The van der Waals surface area contributed by atoms with Crippen LogP contribution >= 0.6 is 0 Å². The number of nitrogens with zero attached hydrogens (tertiary/aromatic N) is 5. The molecule has 0 N–H and O–H groups in total. The highest BCUT2D eigenvalue weighted by Crippen LogP contribution is 2.36. The number of alkyl halides is 6. The minimum atomic E-state index is -4.82. The Morgan fingerprint density at radius 2 is 1.53 bits per heavy atom. The number of aromatic nitrogens is 2. The summed E-state index contributed by atoms with van der Waals surface area (Å²) in [6.07, 6.45) is -5.70.